The van der Waals surface area contributed by atoms with Crippen molar-refractivity contribution in [2.45, 2.75) is 19.8 Å². The van der Waals surface area contributed by atoms with Crippen molar-refractivity contribution in [1.29, 1.82) is 0 Å². The fourth-order valence-electron chi connectivity index (χ4n) is 2.58. The summed E-state index contributed by atoms with van der Waals surface area (Å²) >= 11 is 0. The van der Waals surface area contributed by atoms with Crippen LogP contribution >= 0.6 is 0 Å². The van der Waals surface area contributed by atoms with Gasteiger partial charge in [-0.15, -0.1) is 0 Å². The van der Waals surface area contributed by atoms with Crippen molar-refractivity contribution >= 4 is 5.91 Å². The summed E-state index contributed by atoms with van der Waals surface area (Å²) in [5, 5.41) is 9.15. The van der Waals surface area contributed by atoms with Gasteiger partial charge in [0.2, 0.25) is 0 Å². The van der Waals surface area contributed by atoms with E-state index in [4.69, 9.17) is 14.6 Å². The first-order valence-corrected chi connectivity index (χ1v) is 7.40. The van der Waals surface area contributed by atoms with Crippen LogP contribution in [0.3, 0.4) is 0 Å². The van der Waals surface area contributed by atoms with Gasteiger partial charge in [0.1, 0.15) is 0 Å². The summed E-state index contributed by atoms with van der Waals surface area (Å²) in [5.74, 6) is 1.56. The highest BCUT2D eigenvalue weighted by atomic mass is 16.5. The van der Waals surface area contributed by atoms with Crippen LogP contribution in [0.25, 0.3) is 0 Å². The van der Waals surface area contributed by atoms with E-state index in [-0.39, 0.29) is 12.5 Å². The molecule has 2 rings (SSSR count). The zero-order valence-corrected chi connectivity index (χ0v) is 12.7. The smallest absolute Gasteiger partial charge is 0.253 e. The Morgan fingerprint density at radius 1 is 1.33 bits per heavy atom. The normalized spacial score (nSPS) is 15.9. The Bertz CT molecular complexity index is 481. The molecule has 0 aromatic heterocycles. The molecular weight excluding hydrogens is 270 g/mol. The van der Waals surface area contributed by atoms with Crippen molar-refractivity contribution in [3.05, 3.63) is 23.8 Å². The molecule has 1 fully saturated rings. The second kappa shape index (κ2) is 7.31. The molecule has 0 atom stereocenters. The number of amides is 1. The van der Waals surface area contributed by atoms with Gasteiger partial charge in [0.05, 0.1) is 13.7 Å². The number of hydrogen-bond acceptors (Lipinski definition) is 4. The number of carbonyl (C=O) groups is 1. The van der Waals surface area contributed by atoms with Gasteiger partial charge in [-0.2, -0.15) is 0 Å². The van der Waals surface area contributed by atoms with Gasteiger partial charge >= 0.3 is 0 Å². The summed E-state index contributed by atoms with van der Waals surface area (Å²) in [4.78, 5) is 14.3. The molecule has 5 nitrogen and oxygen atoms in total. The van der Waals surface area contributed by atoms with Gasteiger partial charge in [-0.05, 0) is 43.9 Å². The molecule has 1 aromatic carbocycles. The average Bonchev–Trinajstić information content (AvgIpc) is 2.55. The third-order valence-electron chi connectivity index (χ3n) is 3.87. The average molecular weight is 293 g/mol. The number of piperidine rings is 1. The van der Waals surface area contributed by atoms with E-state index in [2.05, 4.69) is 0 Å². The van der Waals surface area contributed by atoms with E-state index in [1.165, 1.54) is 0 Å². The fraction of sp³-hybridized carbons (Fsp3) is 0.562. The largest absolute Gasteiger partial charge is 0.493 e. The van der Waals surface area contributed by atoms with Gasteiger partial charge in [0, 0.05) is 25.3 Å². The lowest BCUT2D eigenvalue weighted by Crippen LogP contribution is -2.39. The maximum absolute atomic E-state index is 12.5. The molecule has 1 amide bonds. The van der Waals surface area contributed by atoms with Crippen molar-refractivity contribution in [2.75, 3.05) is 33.4 Å². The van der Waals surface area contributed by atoms with Gasteiger partial charge in [0.25, 0.3) is 5.91 Å². The van der Waals surface area contributed by atoms with Crippen LogP contribution in [-0.4, -0.2) is 49.3 Å². The highest BCUT2D eigenvalue weighted by molar-refractivity contribution is 5.95. The minimum atomic E-state index is 0.00717. The summed E-state index contributed by atoms with van der Waals surface area (Å²) in [6.07, 6.45) is 1.72. The van der Waals surface area contributed by atoms with Crippen molar-refractivity contribution in [3.63, 3.8) is 0 Å². The predicted octanol–water partition coefficient (Wildman–Crippen LogP) is 1.94. The first-order valence-electron chi connectivity index (χ1n) is 7.40. The van der Waals surface area contributed by atoms with Crippen LogP contribution in [0.5, 0.6) is 11.5 Å². The number of hydrogen-bond donors (Lipinski definition) is 1. The van der Waals surface area contributed by atoms with Crippen LogP contribution < -0.4 is 9.47 Å². The molecule has 0 unspecified atom stereocenters. The molecule has 1 aromatic rings. The molecule has 1 aliphatic heterocycles. The van der Waals surface area contributed by atoms with Crippen molar-refractivity contribution in [1.82, 2.24) is 4.90 Å². The van der Waals surface area contributed by atoms with Crippen LogP contribution in [0.2, 0.25) is 0 Å². The Labute approximate surface area is 125 Å². The third-order valence-corrected chi connectivity index (χ3v) is 3.87. The molecule has 21 heavy (non-hydrogen) atoms. The van der Waals surface area contributed by atoms with Gasteiger partial charge < -0.3 is 19.5 Å². The number of benzene rings is 1. The standard InChI is InChI=1S/C16H23NO4/c1-3-21-14-5-4-13(10-15(14)20-2)16(19)17-8-6-12(11-18)7-9-17/h4-5,10,12,18H,3,6-9,11H2,1-2H3. The lowest BCUT2D eigenvalue weighted by atomic mass is 9.97. The van der Waals surface area contributed by atoms with Gasteiger partial charge in [-0.25, -0.2) is 0 Å². The number of carbonyl (C=O) groups excluding carboxylic acids is 1. The summed E-state index contributed by atoms with van der Waals surface area (Å²) in [6.45, 7) is 4.06. The van der Waals surface area contributed by atoms with E-state index < -0.39 is 0 Å². The number of rotatable bonds is 5. The number of aliphatic hydroxyl groups is 1. The first kappa shape index (κ1) is 15.6. The number of methoxy groups -OCH3 is 1. The lowest BCUT2D eigenvalue weighted by molar-refractivity contribution is 0.0650. The minimum absolute atomic E-state index is 0.00717. The number of ether oxygens (including phenoxy) is 2. The number of nitrogens with zero attached hydrogens (tertiary/aromatic N) is 1. The van der Waals surface area contributed by atoms with Crippen molar-refractivity contribution in [3.8, 4) is 11.5 Å². The summed E-state index contributed by atoms with van der Waals surface area (Å²) in [7, 11) is 1.57. The highest BCUT2D eigenvalue weighted by Crippen LogP contribution is 2.29. The second-order valence-electron chi connectivity index (χ2n) is 5.22. The molecule has 0 radical (unpaired) electrons. The van der Waals surface area contributed by atoms with E-state index in [9.17, 15) is 4.79 Å². The predicted molar refractivity (Wildman–Crippen MR) is 79.9 cm³/mol. The van der Waals surface area contributed by atoms with Gasteiger partial charge in [0.15, 0.2) is 11.5 Å². The Morgan fingerprint density at radius 2 is 2.05 bits per heavy atom. The van der Waals surface area contributed by atoms with E-state index in [0.29, 0.717) is 42.7 Å². The number of likely N-dealkylation sites (tertiary alicyclic amines) is 1. The Hall–Kier alpha value is -1.75. The molecule has 1 heterocycles. The summed E-state index contributed by atoms with van der Waals surface area (Å²) < 4.78 is 10.7. The molecule has 0 aliphatic carbocycles. The summed E-state index contributed by atoms with van der Waals surface area (Å²) in [6, 6.07) is 5.27. The SMILES string of the molecule is CCOc1ccc(C(=O)N2CCC(CO)CC2)cc1OC. The second-order valence-corrected chi connectivity index (χ2v) is 5.22. The van der Waals surface area contributed by atoms with Gasteiger partial charge in [-0.3, -0.25) is 4.79 Å². The van der Waals surface area contributed by atoms with Gasteiger partial charge in [-0.1, -0.05) is 0 Å². The van der Waals surface area contributed by atoms with Crippen molar-refractivity contribution in [2.24, 2.45) is 5.92 Å². The Balaban J connectivity index is 2.09. The third kappa shape index (κ3) is 3.67. The van der Waals surface area contributed by atoms with Crippen molar-refractivity contribution < 1.29 is 19.4 Å². The molecule has 0 spiro atoms. The highest BCUT2D eigenvalue weighted by Gasteiger charge is 2.23. The first-order chi connectivity index (χ1) is 10.2. The van der Waals surface area contributed by atoms with Crippen LogP contribution in [0.4, 0.5) is 0 Å². The molecule has 5 heteroatoms. The summed E-state index contributed by atoms with van der Waals surface area (Å²) in [5.41, 5.74) is 0.609. The van der Waals surface area contributed by atoms with Crippen LogP contribution in [0, 0.1) is 5.92 Å². The zero-order valence-electron chi connectivity index (χ0n) is 12.7. The monoisotopic (exact) mass is 293 g/mol. The molecule has 0 bridgehead atoms. The quantitative estimate of drug-likeness (QED) is 0.901. The van der Waals surface area contributed by atoms with E-state index in [0.717, 1.165) is 12.8 Å². The van der Waals surface area contributed by atoms with E-state index in [1.807, 2.05) is 11.8 Å². The van der Waals surface area contributed by atoms with E-state index >= 15 is 0 Å². The maximum Gasteiger partial charge on any atom is 0.253 e. The molecule has 1 aliphatic rings. The minimum Gasteiger partial charge on any atom is -0.493 e. The molecule has 1 saturated heterocycles. The van der Waals surface area contributed by atoms with E-state index in [1.54, 1.807) is 25.3 Å². The van der Waals surface area contributed by atoms with Crippen LogP contribution in [0.15, 0.2) is 18.2 Å². The molecular formula is C16H23NO4. The zero-order chi connectivity index (χ0) is 15.2. The number of aliphatic hydroxyl groups excluding tert-OH is 1. The topological polar surface area (TPSA) is 59.0 Å². The fourth-order valence-corrected chi connectivity index (χ4v) is 2.58. The Morgan fingerprint density at radius 3 is 2.62 bits per heavy atom. The molecule has 116 valence electrons. The lowest BCUT2D eigenvalue weighted by Gasteiger charge is -2.31. The van der Waals surface area contributed by atoms with Crippen LogP contribution in [0.1, 0.15) is 30.1 Å². The maximum atomic E-state index is 12.5. The van der Waals surface area contributed by atoms with Crippen LogP contribution in [-0.2, 0) is 0 Å². The molecule has 1 N–H and O–H groups in total. The Kier molecular flexibility index (Phi) is 5.44. The molecule has 0 saturated carbocycles.